The van der Waals surface area contributed by atoms with Crippen LogP contribution >= 0.6 is 11.6 Å². The van der Waals surface area contributed by atoms with Crippen molar-refractivity contribution in [1.29, 1.82) is 0 Å². The van der Waals surface area contributed by atoms with Crippen molar-refractivity contribution in [3.05, 3.63) is 47.2 Å². The number of carboxylic acid groups (broad SMARTS) is 1. The molecule has 0 aliphatic carbocycles. The second kappa shape index (κ2) is 5.77. The van der Waals surface area contributed by atoms with Crippen LogP contribution in [0.2, 0.25) is 5.02 Å². The number of nitrogens with zero attached hydrogens (tertiary/aromatic N) is 2. The zero-order valence-electron chi connectivity index (χ0n) is 9.95. The minimum Gasteiger partial charge on any atom is -0.481 e. The fourth-order valence-corrected chi connectivity index (χ4v) is 1.84. The van der Waals surface area contributed by atoms with Gasteiger partial charge < -0.3 is 10.8 Å². The largest absolute Gasteiger partial charge is 0.481 e. The van der Waals surface area contributed by atoms with Crippen molar-refractivity contribution in [2.75, 3.05) is 0 Å². The minimum atomic E-state index is -0.956. The molecule has 0 aliphatic heterocycles. The second-order valence-corrected chi connectivity index (χ2v) is 4.43. The highest BCUT2D eigenvalue weighted by Crippen LogP contribution is 2.24. The van der Waals surface area contributed by atoms with Gasteiger partial charge in [-0.1, -0.05) is 23.7 Å². The first kappa shape index (κ1) is 13.5. The van der Waals surface area contributed by atoms with E-state index in [1.54, 1.807) is 6.07 Å². The number of halogens is 1. The summed E-state index contributed by atoms with van der Waals surface area (Å²) in [5, 5.41) is 9.24. The molecule has 0 radical (unpaired) electrons. The van der Waals surface area contributed by atoms with E-state index >= 15 is 0 Å². The smallest absolute Gasteiger partial charge is 0.305 e. The highest BCUT2D eigenvalue weighted by Gasteiger charge is 2.12. The molecule has 2 rings (SSSR count). The Labute approximate surface area is 115 Å². The molecular formula is C13H12ClN3O2. The quantitative estimate of drug-likeness (QED) is 0.895. The van der Waals surface area contributed by atoms with Crippen LogP contribution in [0.15, 0.2) is 36.7 Å². The van der Waals surface area contributed by atoms with Crippen LogP contribution in [0, 0.1) is 0 Å². The standard InChI is InChI=1S/C13H12ClN3O2/c14-10-4-2-1-3-9(10)13-16-6-8(7-17-13)11(15)5-12(18)19/h1-4,6-7,11H,5,15H2,(H,18,19)/t11-/m0/s1. The van der Waals surface area contributed by atoms with Crippen molar-refractivity contribution in [1.82, 2.24) is 9.97 Å². The molecule has 6 heteroatoms. The topological polar surface area (TPSA) is 89.1 Å². The summed E-state index contributed by atoms with van der Waals surface area (Å²) in [6, 6.07) is 6.62. The van der Waals surface area contributed by atoms with Gasteiger partial charge in [-0.15, -0.1) is 0 Å². The lowest BCUT2D eigenvalue weighted by molar-refractivity contribution is -0.137. The highest BCUT2D eigenvalue weighted by molar-refractivity contribution is 6.33. The molecule has 19 heavy (non-hydrogen) atoms. The fourth-order valence-electron chi connectivity index (χ4n) is 1.62. The molecule has 0 fully saturated rings. The normalized spacial score (nSPS) is 12.1. The van der Waals surface area contributed by atoms with Crippen LogP contribution in [0.4, 0.5) is 0 Å². The zero-order chi connectivity index (χ0) is 13.8. The third kappa shape index (κ3) is 3.27. The molecule has 0 saturated heterocycles. The van der Waals surface area contributed by atoms with Crippen molar-refractivity contribution in [2.45, 2.75) is 12.5 Å². The Morgan fingerprint density at radius 2 is 1.95 bits per heavy atom. The van der Waals surface area contributed by atoms with Crippen molar-refractivity contribution < 1.29 is 9.90 Å². The second-order valence-electron chi connectivity index (χ2n) is 4.02. The SMILES string of the molecule is N[C@@H](CC(=O)O)c1cnc(-c2ccccc2Cl)nc1. The maximum atomic E-state index is 10.6. The number of benzene rings is 1. The van der Waals surface area contributed by atoms with Gasteiger partial charge in [0, 0.05) is 29.6 Å². The molecule has 0 bridgehead atoms. The first-order valence-corrected chi connectivity index (χ1v) is 6.00. The monoisotopic (exact) mass is 277 g/mol. The molecule has 0 aliphatic rings. The van der Waals surface area contributed by atoms with E-state index in [0.717, 1.165) is 5.56 Å². The summed E-state index contributed by atoms with van der Waals surface area (Å²) in [5.41, 5.74) is 7.03. The summed E-state index contributed by atoms with van der Waals surface area (Å²) in [4.78, 5) is 18.9. The molecule has 2 aromatic rings. The van der Waals surface area contributed by atoms with E-state index in [4.69, 9.17) is 22.4 Å². The van der Waals surface area contributed by atoms with E-state index in [2.05, 4.69) is 9.97 Å². The molecule has 0 amide bonds. The van der Waals surface area contributed by atoms with E-state index in [9.17, 15) is 4.79 Å². The van der Waals surface area contributed by atoms with E-state index in [-0.39, 0.29) is 6.42 Å². The summed E-state index contributed by atoms with van der Waals surface area (Å²) in [5.74, 6) is -0.473. The van der Waals surface area contributed by atoms with Gasteiger partial charge >= 0.3 is 5.97 Å². The van der Waals surface area contributed by atoms with Crippen molar-refractivity contribution >= 4 is 17.6 Å². The van der Waals surface area contributed by atoms with Gasteiger partial charge in [0.25, 0.3) is 0 Å². The number of nitrogens with two attached hydrogens (primary N) is 1. The number of hydrogen-bond acceptors (Lipinski definition) is 4. The molecule has 3 N–H and O–H groups in total. The summed E-state index contributed by atoms with van der Waals surface area (Å²) in [6.45, 7) is 0. The van der Waals surface area contributed by atoms with Gasteiger partial charge in [-0.05, 0) is 12.1 Å². The number of aromatic nitrogens is 2. The molecule has 0 spiro atoms. The van der Waals surface area contributed by atoms with Gasteiger partial charge in [-0.2, -0.15) is 0 Å². The average Bonchev–Trinajstić information content (AvgIpc) is 2.39. The molecule has 1 atom stereocenters. The molecule has 98 valence electrons. The van der Waals surface area contributed by atoms with Gasteiger partial charge in [-0.3, -0.25) is 4.79 Å². The van der Waals surface area contributed by atoms with Crippen LogP contribution in [0.5, 0.6) is 0 Å². The number of carbonyl (C=O) groups is 1. The van der Waals surface area contributed by atoms with Crippen LogP contribution in [-0.4, -0.2) is 21.0 Å². The first-order valence-electron chi connectivity index (χ1n) is 5.62. The summed E-state index contributed by atoms with van der Waals surface area (Å²) in [6.07, 6.45) is 2.90. The summed E-state index contributed by atoms with van der Waals surface area (Å²) >= 11 is 6.05. The first-order chi connectivity index (χ1) is 9.08. The predicted octanol–water partition coefficient (Wildman–Crippen LogP) is 2.27. The Morgan fingerprint density at radius 3 is 2.53 bits per heavy atom. The molecule has 1 aromatic carbocycles. The van der Waals surface area contributed by atoms with E-state index in [0.29, 0.717) is 16.4 Å². The Balaban J connectivity index is 2.24. The molecule has 0 saturated carbocycles. The molecule has 1 aromatic heterocycles. The molecule has 1 heterocycles. The maximum absolute atomic E-state index is 10.6. The summed E-state index contributed by atoms with van der Waals surface area (Å²) in [7, 11) is 0. The molecule has 5 nitrogen and oxygen atoms in total. The lowest BCUT2D eigenvalue weighted by Gasteiger charge is -2.09. The van der Waals surface area contributed by atoms with Crippen molar-refractivity contribution in [2.24, 2.45) is 5.73 Å². The Hall–Kier alpha value is -1.98. The number of carboxylic acids is 1. The Morgan fingerprint density at radius 1 is 1.32 bits per heavy atom. The van der Waals surface area contributed by atoms with Gasteiger partial charge in [0.15, 0.2) is 5.82 Å². The predicted molar refractivity (Wildman–Crippen MR) is 71.7 cm³/mol. The van der Waals surface area contributed by atoms with Crippen LogP contribution in [0.1, 0.15) is 18.0 Å². The van der Waals surface area contributed by atoms with Crippen molar-refractivity contribution in [3.63, 3.8) is 0 Å². The van der Waals surface area contributed by atoms with E-state index in [1.165, 1.54) is 12.4 Å². The van der Waals surface area contributed by atoms with Gasteiger partial charge in [0.05, 0.1) is 11.4 Å². The maximum Gasteiger partial charge on any atom is 0.305 e. The number of aliphatic carboxylic acids is 1. The highest BCUT2D eigenvalue weighted by atomic mass is 35.5. The summed E-state index contributed by atoms with van der Waals surface area (Å²) < 4.78 is 0. The van der Waals surface area contributed by atoms with Gasteiger partial charge in [-0.25, -0.2) is 9.97 Å². The lowest BCUT2D eigenvalue weighted by Crippen LogP contribution is -2.15. The third-order valence-corrected chi connectivity index (χ3v) is 2.94. The molecular weight excluding hydrogens is 266 g/mol. The fraction of sp³-hybridized carbons (Fsp3) is 0.154. The Bertz CT molecular complexity index is 587. The zero-order valence-corrected chi connectivity index (χ0v) is 10.7. The van der Waals surface area contributed by atoms with Gasteiger partial charge in [0.1, 0.15) is 0 Å². The Kier molecular flexibility index (Phi) is 4.09. The number of rotatable bonds is 4. The van der Waals surface area contributed by atoms with Crippen LogP contribution in [0.25, 0.3) is 11.4 Å². The average molecular weight is 278 g/mol. The molecule has 0 unspecified atom stereocenters. The van der Waals surface area contributed by atoms with Crippen LogP contribution < -0.4 is 5.73 Å². The number of hydrogen-bond donors (Lipinski definition) is 2. The minimum absolute atomic E-state index is 0.158. The van der Waals surface area contributed by atoms with Crippen LogP contribution in [-0.2, 0) is 4.79 Å². The van der Waals surface area contributed by atoms with Crippen molar-refractivity contribution in [3.8, 4) is 11.4 Å². The van der Waals surface area contributed by atoms with E-state index in [1.807, 2.05) is 18.2 Å². The van der Waals surface area contributed by atoms with Gasteiger partial charge in [0.2, 0.25) is 0 Å². The lowest BCUT2D eigenvalue weighted by atomic mass is 10.1. The van der Waals surface area contributed by atoms with Crippen LogP contribution in [0.3, 0.4) is 0 Å². The third-order valence-electron chi connectivity index (χ3n) is 2.61. The van der Waals surface area contributed by atoms with E-state index < -0.39 is 12.0 Å².